The molecule has 0 amide bonds. The van der Waals surface area contributed by atoms with Gasteiger partial charge >= 0.3 is 0 Å². The smallest absolute Gasteiger partial charge is 0.191 e. The van der Waals surface area contributed by atoms with E-state index in [9.17, 15) is 0 Å². The van der Waals surface area contributed by atoms with Gasteiger partial charge in [-0.2, -0.15) is 5.10 Å². The fraction of sp³-hybridized carbons (Fsp3) is 0.565. The molecule has 0 saturated carbocycles. The van der Waals surface area contributed by atoms with E-state index in [1.807, 2.05) is 25.1 Å². The van der Waals surface area contributed by atoms with Gasteiger partial charge in [0, 0.05) is 44.5 Å². The minimum Gasteiger partial charge on any atom is -0.492 e. The summed E-state index contributed by atoms with van der Waals surface area (Å²) < 4.78 is 8.10. The first kappa shape index (κ1) is 23.7. The Bertz CT molecular complexity index is 782. The molecule has 7 heteroatoms. The second kappa shape index (κ2) is 12.9. The summed E-state index contributed by atoms with van der Waals surface area (Å²) in [7, 11) is 1.79. The van der Waals surface area contributed by atoms with Gasteiger partial charge in [-0.1, -0.05) is 32.0 Å². The Labute approximate surface area is 181 Å². The number of benzene rings is 1. The van der Waals surface area contributed by atoms with Crippen molar-refractivity contribution in [2.75, 3.05) is 39.8 Å². The number of ether oxygens (including phenoxy) is 1. The minimum atomic E-state index is 0.665. The Morgan fingerprint density at radius 3 is 2.60 bits per heavy atom. The van der Waals surface area contributed by atoms with E-state index in [-0.39, 0.29) is 0 Å². The van der Waals surface area contributed by atoms with Crippen LogP contribution in [0.1, 0.15) is 37.2 Å². The largest absolute Gasteiger partial charge is 0.492 e. The number of aliphatic imine (C=N–C) groups is 1. The fourth-order valence-corrected chi connectivity index (χ4v) is 3.35. The molecule has 0 spiro atoms. The zero-order valence-electron chi connectivity index (χ0n) is 19.2. The van der Waals surface area contributed by atoms with Crippen LogP contribution in [0, 0.1) is 13.8 Å². The van der Waals surface area contributed by atoms with Crippen LogP contribution in [0.2, 0.25) is 0 Å². The molecule has 2 N–H and O–H groups in total. The predicted octanol–water partition coefficient (Wildman–Crippen LogP) is 2.98. The van der Waals surface area contributed by atoms with E-state index in [1.165, 1.54) is 5.69 Å². The quantitative estimate of drug-likeness (QED) is 0.318. The van der Waals surface area contributed by atoms with Crippen molar-refractivity contribution in [2.45, 2.75) is 47.2 Å². The predicted molar refractivity (Wildman–Crippen MR) is 124 cm³/mol. The van der Waals surface area contributed by atoms with E-state index in [0.29, 0.717) is 13.2 Å². The molecule has 0 radical (unpaired) electrons. The van der Waals surface area contributed by atoms with Crippen molar-refractivity contribution in [1.82, 2.24) is 25.3 Å². The van der Waals surface area contributed by atoms with Gasteiger partial charge in [-0.15, -0.1) is 0 Å². The van der Waals surface area contributed by atoms with E-state index in [1.54, 1.807) is 7.05 Å². The van der Waals surface area contributed by atoms with Crippen molar-refractivity contribution in [3.05, 3.63) is 47.3 Å². The summed E-state index contributed by atoms with van der Waals surface area (Å²) in [5.41, 5.74) is 3.39. The van der Waals surface area contributed by atoms with E-state index in [4.69, 9.17) is 4.74 Å². The third kappa shape index (κ3) is 7.71. The van der Waals surface area contributed by atoms with Crippen molar-refractivity contribution in [1.29, 1.82) is 0 Å². The molecular weight excluding hydrogens is 376 g/mol. The molecule has 30 heavy (non-hydrogen) atoms. The van der Waals surface area contributed by atoms with E-state index >= 15 is 0 Å². The Hall–Kier alpha value is -2.54. The molecule has 0 aliphatic rings. The highest BCUT2D eigenvalue weighted by molar-refractivity contribution is 5.79. The van der Waals surface area contributed by atoms with Gasteiger partial charge in [0.1, 0.15) is 12.4 Å². The zero-order chi connectivity index (χ0) is 21.8. The maximum atomic E-state index is 6.05. The lowest BCUT2D eigenvalue weighted by Gasteiger charge is -2.19. The molecule has 0 aliphatic heterocycles. The number of aromatic nitrogens is 2. The summed E-state index contributed by atoms with van der Waals surface area (Å²) in [4.78, 5) is 6.69. The second-order valence-corrected chi connectivity index (χ2v) is 7.34. The lowest BCUT2D eigenvalue weighted by Crippen LogP contribution is -2.37. The highest BCUT2D eigenvalue weighted by Crippen LogP contribution is 2.17. The Morgan fingerprint density at radius 2 is 1.93 bits per heavy atom. The standard InChI is InChI=1S/C23H38N6O/c1-6-28(7-2)15-16-30-22-12-9-8-11-21(22)18-26-23(24-5)25-13-10-14-29-20(4)17-19(3)27-29/h8-9,11-12,17H,6-7,10,13-16,18H2,1-5H3,(H2,24,25,26). The van der Waals surface area contributed by atoms with Crippen LogP contribution in [0.25, 0.3) is 0 Å². The molecule has 2 aromatic rings. The highest BCUT2D eigenvalue weighted by Gasteiger charge is 2.06. The summed E-state index contributed by atoms with van der Waals surface area (Å²) in [6, 6.07) is 10.3. The van der Waals surface area contributed by atoms with Crippen molar-refractivity contribution >= 4 is 5.96 Å². The molecule has 2 rings (SSSR count). The third-order valence-electron chi connectivity index (χ3n) is 5.14. The van der Waals surface area contributed by atoms with Crippen molar-refractivity contribution in [2.24, 2.45) is 4.99 Å². The Balaban J connectivity index is 1.77. The van der Waals surface area contributed by atoms with E-state index < -0.39 is 0 Å². The number of guanidine groups is 1. The average Bonchev–Trinajstić information content (AvgIpc) is 3.08. The van der Waals surface area contributed by atoms with Crippen LogP contribution in [0.3, 0.4) is 0 Å². The first-order valence-corrected chi connectivity index (χ1v) is 11.0. The van der Waals surface area contributed by atoms with E-state index in [0.717, 1.165) is 62.1 Å². The monoisotopic (exact) mass is 414 g/mol. The number of nitrogens with zero attached hydrogens (tertiary/aromatic N) is 4. The molecule has 1 aromatic carbocycles. The van der Waals surface area contributed by atoms with Crippen LogP contribution in [0.15, 0.2) is 35.3 Å². The summed E-state index contributed by atoms with van der Waals surface area (Å²) in [5, 5.41) is 11.3. The summed E-state index contributed by atoms with van der Waals surface area (Å²) >= 11 is 0. The molecule has 0 aliphatic carbocycles. The minimum absolute atomic E-state index is 0.665. The van der Waals surface area contributed by atoms with Crippen LogP contribution in [0.4, 0.5) is 0 Å². The van der Waals surface area contributed by atoms with Gasteiger partial charge in [0.15, 0.2) is 5.96 Å². The summed E-state index contributed by atoms with van der Waals surface area (Å²) in [5.74, 6) is 1.72. The molecule has 0 bridgehead atoms. The number of rotatable bonds is 12. The number of likely N-dealkylation sites (N-methyl/N-ethyl adjacent to an activating group) is 1. The van der Waals surface area contributed by atoms with E-state index in [2.05, 4.69) is 63.2 Å². The van der Waals surface area contributed by atoms with Crippen LogP contribution in [-0.4, -0.2) is 60.5 Å². The molecule has 0 saturated heterocycles. The van der Waals surface area contributed by atoms with Crippen LogP contribution in [0.5, 0.6) is 5.75 Å². The van der Waals surface area contributed by atoms with Gasteiger partial charge in [0.05, 0.1) is 5.69 Å². The van der Waals surface area contributed by atoms with Gasteiger partial charge in [-0.3, -0.25) is 9.67 Å². The number of nitrogens with one attached hydrogen (secondary N) is 2. The lowest BCUT2D eigenvalue weighted by molar-refractivity contribution is 0.221. The maximum absolute atomic E-state index is 6.05. The normalized spacial score (nSPS) is 11.7. The molecular formula is C23H38N6O. The molecule has 0 fully saturated rings. The number of hydrogen-bond acceptors (Lipinski definition) is 4. The van der Waals surface area contributed by atoms with Crippen LogP contribution >= 0.6 is 0 Å². The maximum Gasteiger partial charge on any atom is 0.191 e. The molecule has 1 heterocycles. The van der Waals surface area contributed by atoms with Gasteiger partial charge in [-0.05, 0) is 45.5 Å². The molecule has 0 unspecified atom stereocenters. The van der Waals surface area contributed by atoms with Gasteiger partial charge in [0.25, 0.3) is 0 Å². The summed E-state index contributed by atoms with van der Waals surface area (Å²) in [6.45, 7) is 14.6. The second-order valence-electron chi connectivity index (χ2n) is 7.34. The van der Waals surface area contributed by atoms with Crippen molar-refractivity contribution in [3.8, 4) is 5.75 Å². The van der Waals surface area contributed by atoms with Crippen LogP contribution in [-0.2, 0) is 13.1 Å². The van der Waals surface area contributed by atoms with Crippen LogP contribution < -0.4 is 15.4 Å². The molecule has 7 nitrogen and oxygen atoms in total. The fourth-order valence-electron chi connectivity index (χ4n) is 3.35. The molecule has 0 atom stereocenters. The first-order valence-electron chi connectivity index (χ1n) is 11.0. The van der Waals surface area contributed by atoms with Gasteiger partial charge in [-0.25, -0.2) is 0 Å². The lowest BCUT2D eigenvalue weighted by atomic mass is 10.2. The third-order valence-corrected chi connectivity index (χ3v) is 5.14. The van der Waals surface area contributed by atoms with Gasteiger partial charge < -0.3 is 20.3 Å². The van der Waals surface area contributed by atoms with Gasteiger partial charge in [0.2, 0.25) is 0 Å². The average molecular weight is 415 g/mol. The first-order chi connectivity index (χ1) is 14.6. The topological polar surface area (TPSA) is 66.7 Å². The molecule has 1 aromatic heterocycles. The SMILES string of the molecule is CCN(CC)CCOc1ccccc1CNC(=NC)NCCCn1nc(C)cc1C. The Kier molecular flexibility index (Phi) is 10.2. The number of hydrogen-bond donors (Lipinski definition) is 2. The van der Waals surface area contributed by atoms with Crippen molar-refractivity contribution < 1.29 is 4.74 Å². The zero-order valence-corrected chi connectivity index (χ0v) is 19.2. The number of aryl methyl sites for hydroxylation is 3. The number of para-hydroxylation sites is 1. The summed E-state index contributed by atoms with van der Waals surface area (Å²) in [6.07, 6.45) is 0.980. The Morgan fingerprint density at radius 1 is 1.17 bits per heavy atom. The highest BCUT2D eigenvalue weighted by atomic mass is 16.5. The van der Waals surface area contributed by atoms with Crippen molar-refractivity contribution in [3.63, 3.8) is 0 Å². The molecule has 166 valence electrons.